The van der Waals surface area contributed by atoms with Gasteiger partial charge in [0, 0.05) is 18.0 Å². The smallest absolute Gasteiger partial charge is 0.276 e. The monoisotopic (exact) mass is 146 g/mol. The van der Waals surface area contributed by atoms with Gasteiger partial charge in [-0.2, -0.15) is 0 Å². The lowest BCUT2D eigenvalue weighted by molar-refractivity contribution is 0.566. The van der Waals surface area contributed by atoms with Crippen LogP contribution in [0.1, 0.15) is 26.7 Å². The summed E-state index contributed by atoms with van der Waals surface area (Å²) in [6.07, 6.45) is 2.12. The Kier molecular flexibility index (Phi) is 6.09. The number of hydrogen-bond donors (Lipinski definition) is 1. The molecule has 1 N–H and O–H groups in total. The second kappa shape index (κ2) is 6.11. The molecule has 0 bridgehead atoms. The topological polar surface area (TPSA) is 29.1 Å². The Morgan fingerprint density at radius 1 is 1.56 bits per heavy atom. The van der Waals surface area contributed by atoms with Crippen LogP contribution in [0, 0.1) is 0 Å². The minimum absolute atomic E-state index is 0.455. The summed E-state index contributed by atoms with van der Waals surface area (Å²) in [7, 11) is 0. The molecule has 3 heteroatoms. The molecule has 0 fully saturated rings. The van der Waals surface area contributed by atoms with E-state index in [0.29, 0.717) is 6.04 Å². The van der Waals surface area contributed by atoms with E-state index in [1.165, 1.54) is 0 Å². The zero-order chi connectivity index (χ0) is 7.11. The Bertz CT molecular complexity index is 73.5. The maximum Gasteiger partial charge on any atom is 0.282 e. The summed E-state index contributed by atoms with van der Waals surface area (Å²) in [4.78, 5) is 9.72. The molecule has 9 heavy (non-hydrogen) atoms. The molecule has 0 aromatic heterocycles. The summed E-state index contributed by atoms with van der Waals surface area (Å²) < 4.78 is 2.96. The van der Waals surface area contributed by atoms with Crippen LogP contribution in [0.25, 0.3) is 0 Å². The second-order valence-electron chi connectivity index (χ2n) is 1.82. The Hall–Kier alpha value is -0.0200. The van der Waals surface area contributed by atoms with Crippen LogP contribution >= 0.6 is 11.9 Å². The van der Waals surface area contributed by atoms with Crippen molar-refractivity contribution >= 4 is 17.6 Å². The van der Waals surface area contributed by atoms with Crippen molar-refractivity contribution < 1.29 is 4.79 Å². The standard InChI is InChI=1S/C6H12NOS/c1-3-6(4-2)7-9-5-8/h6-7H,3-4H2,1-2H3. The van der Waals surface area contributed by atoms with Gasteiger partial charge in [0.25, 0.3) is 5.62 Å². The van der Waals surface area contributed by atoms with Gasteiger partial charge in [-0.25, -0.2) is 0 Å². The summed E-state index contributed by atoms with van der Waals surface area (Å²) in [5.41, 5.74) is 1.72. The van der Waals surface area contributed by atoms with Gasteiger partial charge in [-0.15, -0.1) is 0 Å². The molecule has 0 atom stereocenters. The summed E-state index contributed by atoms with van der Waals surface area (Å²) in [6.45, 7) is 4.18. The van der Waals surface area contributed by atoms with E-state index in [2.05, 4.69) is 18.6 Å². The van der Waals surface area contributed by atoms with Gasteiger partial charge >= 0.3 is 0 Å². The van der Waals surface area contributed by atoms with Crippen molar-refractivity contribution in [3.8, 4) is 0 Å². The Morgan fingerprint density at radius 3 is 2.44 bits per heavy atom. The number of rotatable bonds is 5. The molecule has 0 spiro atoms. The van der Waals surface area contributed by atoms with Crippen LogP contribution in [0.5, 0.6) is 0 Å². The minimum Gasteiger partial charge on any atom is -0.276 e. The van der Waals surface area contributed by atoms with E-state index in [1.807, 2.05) is 0 Å². The van der Waals surface area contributed by atoms with E-state index in [4.69, 9.17) is 0 Å². The van der Waals surface area contributed by atoms with Crippen LogP contribution in [0.15, 0.2) is 0 Å². The lowest BCUT2D eigenvalue weighted by Gasteiger charge is -2.09. The number of hydrogen-bond acceptors (Lipinski definition) is 3. The Balaban J connectivity index is 3.19. The average molecular weight is 146 g/mol. The fourth-order valence-electron chi connectivity index (χ4n) is 0.563. The number of carbonyl (C=O) groups excluding carboxylic acids is 1. The molecule has 0 aromatic rings. The van der Waals surface area contributed by atoms with Crippen LogP contribution in [0.2, 0.25) is 0 Å². The fraction of sp³-hybridized carbons (Fsp3) is 0.833. The van der Waals surface area contributed by atoms with E-state index in [-0.39, 0.29) is 0 Å². The molecule has 0 rings (SSSR count). The second-order valence-corrected chi connectivity index (χ2v) is 2.42. The van der Waals surface area contributed by atoms with Crippen LogP contribution in [-0.2, 0) is 4.79 Å². The molecule has 0 saturated heterocycles. The molecule has 0 aliphatic carbocycles. The lowest BCUT2D eigenvalue weighted by atomic mass is 10.2. The Labute approximate surface area is 60.5 Å². The van der Waals surface area contributed by atoms with Crippen molar-refractivity contribution in [2.75, 3.05) is 0 Å². The van der Waals surface area contributed by atoms with Gasteiger partial charge in [-0.3, -0.25) is 9.52 Å². The number of nitrogens with one attached hydrogen (secondary N) is 1. The van der Waals surface area contributed by atoms with Crippen molar-refractivity contribution in [1.82, 2.24) is 4.72 Å². The highest BCUT2D eigenvalue weighted by Crippen LogP contribution is 1.99. The molecule has 0 aliphatic rings. The maximum absolute atomic E-state index is 9.72. The van der Waals surface area contributed by atoms with Crippen molar-refractivity contribution in [3.63, 3.8) is 0 Å². The quantitative estimate of drug-likeness (QED) is 0.596. The van der Waals surface area contributed by atoms with Crippen LogP contribution in [-0.4, -0.2) is 11.7 Å². The van der Waals surface area contributed by atoms with Gasteiger partial charge in [0.15, 0.2) is 0 Å². The van der Waals surface area contributed by atoms with Crippen molar-refractivity contribution in [2.24, 2.45) is 0 Å². The van der Waals surface area contributed by atoms with Gasteiger partial charge in [0.1, 0.15) is 0 Å². The first-order valence-electron chi connectivity index (χ1n) is 3.13. The predicted octanol–water partition coefficient (Wildman–Crippen LogP) is 1.48. The van der Waals surface area contributed by atoms with E-state index >= 15 is 0 Å². The average Bonchev–Trinajstić information content (AvgIpc) is 1.91. The van der Waals surface area contributed by atoms with Gasteiger partial charge < -0.3 is 0 Å². The van der Waals surface area contributed by atoms with E-state index in [9.17, 15) is 4.79 Å². The first kappa shape index (κ1) is 8.98. The molecular formula is C6H12NOS. The maximum atomic E-state index is 9.72. The molecule has 0 unspecified atom stereocenters. The van der Waals surface area contributed by atoms with Gasteiger partial charge in [0.05, 0.1) is 0 Å². The molecule has 0 heterocycles. The van der Waals surface area contributed by atoms with Crippen molar-refractivity contribution in [3.05, 3.63) is 0 Å². The fourth-order valence-corrected chi connectivity index (χ4v) is 1.11. The van der Waals surface area contributed by atoms with E-state index in [0.717, 1.165) is 24.8 Å². The van der Waals surface area contributed by atoms with Crippen LogP contribution in [0.3, 0.4) is 0 Å². The van der Waals surface area contributed by atoms with Crippen LogP contribution in [0.4, 0.5) is 0 Å². The summed E-state index contributed by atoms with van der Waals surface area (Å²) in [5, 5.41) is 0. The third kappa shape index (κ3) is 4.48. The highest BCUT2D eigenvalue weighted by Gasteiger charge is 1.99. The molecule has 0 aliphatic heterocycles. The zero-order valence-corrected chi connectivity index (χ0v) is 6.62. The highest BCUT2D eigenvalue weighted by molar-refractivity contribution is 8.10. The first-order valence-corrected chi connectivity index (χ1v) is 3.95. The SMILES string of the molecule is CCC(CC)NS[C]=O. The normalized spacial score (nSPS) is 10.1. The third-order valence-corrected chi connectivity index (χ3v) is 1.79. The molecule has 1 radical (unpaired) electrons. The summed E-state index contributed by atoms with van der Waals surface area (Å²) >= 11 is 1.01. The molecule has 0 saturated carbocycles. The minimum atomic E-state index is 0.455. The summed E-state index contributed by atoms with van der Waals surface area (Å²) in [5.74, 6) is 0. The van der Waals surface area contributed by atoms with E-state index in [1.54, 1.807) is 5.62 Å². The van der Waals surface area contributed by atoms with Gasteiger partial charge in [0.2, 0.25) is 0 Å². The molecule has 0 amide bonds. The lowest BCUT2D eigenvalue weighted by Crippen LogP contribution is -2.20. The van der Waals surface area contributed by atoms with Crippen molar-refractivity contribution in [1.29, 1.82) is 0 Å². The van der Waals surface area contributed by atoms with Crippen molar-refractivity contribution in [2.45, 2.75) is 32.7 Å². The highest BCUT2D eigenvalue weighted by atomic mass is 32.2. The zero-order valence-electron chi connectivity index (χ0n) is 5.81. The third-order valence-electron chi connectivity index (χ3n) is 1.25. The first-order chi connectivity index (χ1) is 4.35. The molecule has 0 aromatic carbocycles. The Morgan fingerprint density at radius 2 is 2.11 bits per heavy atom. The van der Waals surface area contributed by atoms with E-state index < -0.39 is 0 Å². The predicted molar refractivity (Wildman–Crippen MR) is 40.8 cm³/mol. The van der Waals surface area contributed by atoms with Gasteiger partial charge in [-0.05, 0) is 12.8 Å². The largest absolute Gasteiger partial charge is 0.282 e. The van der Waals surface area contributed by atoms with Gasteiger partial charge in [-0.1, -0.05) is 13.8 Å². The van der Waals surface area contributed by atoms with Crippen LogP contribution < -0.4 is 4.72 Å². The molecule has 2 nitrogen and oxygen atoms in total. The molecule has 53 valence electrons. The summed E-state index contributed by atoms with van der Waals surface area (Å²) in [6, 6.07) is 0.455. The molecular weight excluding hydrogens is 134 g/mol.